The SMILES string of the molecule is COC(=O)CNCC1CCC(C)(C)O1. The van der Waals surface area contributed by atoms with Crippen LogP contribution in [0.4, 0.5) is 0 Å². The highest BCUT2D eigenvalue weighted by Crippen LogP contribution is 2.28. The smallest absolute Gasteiger partial charge is 0.319 e. The first-order valence-electron chi connectivity index (χ1n) is 4.99. The van der Waals surface area contributed by atoms with Gasteiger partial charge in [-0.15, -0.1) is 0 Å². The minimum atomic E-state index is -0.234. The maximum absolute atomic E-state index is 10.8. The number of methoxy groups -OCH3 is 1. The molecule has 14 heavy (non-hydrogen) atoms. The van der Waals surface area contributed by atoms with Crippen LogP contribution in [0.2, 0.25) is 0 Å². The number of hydrogen-bond donors (Lipinski definition) is 1. The molecule has 1 saturated heterocycles. The first-order valence-corrected chi connectivity index (χ1v) is 4.99. The molecule has 0 saturated carbocycles. The van der Waals surface area contributed by atoms with Crippen LogP contribution in [-0.4, -0.2) is 37.9 Å². The third-order valence-electron chi connectivity index (χ3n) is 2.42. The van der Waals surface area contributed by atoms with Gasteiger partial charge < -0.3 is 14.8 Å². The lowest BCUT2D eigenvalue weighted by molar-refractivity contribution is -0.139. The third-order valence-corrected chi connectivity index (χ3v) is 2.42. The summed E-state index contributed by atoms with van der Waals surface area (Å²) in [6, 6.07) is 0. The molecule has 0 aromatic carbocycles. The highest BCUT2D eigenvalue weighted by atomic mass is 16.5. The predicted octanol–water partition coefficient (Wildman–Crippen LogP) is 0.707. The van der Waals surface area contributed by atoms with Crippen molar-refractivity contribution in [1.82, 2.24) is 5.32 Å². The van der Waals surface area contributed by atoms with Crippen molar-refractivity contribution in [1.29, 1.82) is 0 Å². The van der Waals surface area contributed by atoms with Crippen LogP contribution >= 0.6 is 0 Å². The fourth-order valence-corrected chi connectivity index (χ4v) is 1.63. The predicted molar refractivity (Wildman–Crippen MR) is 53.1 cm³/mol. The summed E-state index contributed by atoms with van der Waals surface area (Å²) in [7, 11) is 1.39. The Bertz CT molecular complexity index is 204. The van der Waals surface area contributed by atoms with Crippen LogP contribution in [0.25, 0.3) is 0 Å². The number of esters is 1. The lowest BCUT2D eigenvalue weighted by Gasteiger charge is -2.19. The van der Waals surface area contributed by atoms with E-state index in [1.54, 1.807) is 0 Å². The minimum Gasteiger partial charge on any atom is -0.468 e. The summed E-state index contributed by atoms with van der Waals surface area (Å²) < 4.78 is 10.3. The normalized spacial score (nSPS) is 24.9. The molecule has 1 fully saturated rings. The van der Waals surface area contributed by atoms with Gasteiger partial charge in [-0.2, -0.15) is 0 Å². The van der Waals surface area contributed by atoms with Gasteiger partial charge in [-0.25, -0.2) is 0 Å². The molecule has 4 heteroatoms. The largest absolute Gasteiger partial charge is 0.468 e. The molecule has 1 rings (SSSR count). The Labute approximate surface area is 85.0 Å². The zero-order valence-corrected chi connectivity index (χ0v) is 9.13. The van der Waals surface area contributed by atoms with E-state index in [1.165, 1.54) is 7.11 Å². The van der Waals surface area contributed by atoms with Gasteiger partial charge >= 0.3 is 5.97 Å². The van der Waals surface area contributed by atoms with Crippen molar-refractivity contribution in [2.24, 2.45) is 0 Å². The molecule has 0 aromatic heterocycles. The average molecular weight is 201 g/mol. The first-order chi connectivity index (χ1) is 6.53. The topological polar surface area (TPSA) is 47.6 Å². The van der Waals surface area contributed by atoms with Crippen LogP contribution in [0, 0.1) is 0 Å². The number of carbonyl (C=O) groups is 1. The zero-order chi connectivity index (χ0) is 10.6. The second-order valence-corrected chi connectivity index (χ2v) is 4.25. The zero-order valence-electron chi connectivity index (χ0n) is 9.13. The molecule has 0 spiro atoms. The molecular weight excluding hydrogens is 182 g/mol. The minimum absolute atomic E-state index is 0.00237. The van der Waals surface area contributed by atoms with Gasteiger partial charge in [0.25, 0.3) is 0 Å². The molecule has 0 aromatic rings. The fraction of sp³-hybridized carbons (Fsp3) is 0.900. The molecule has 82 valence electrons. The van der Waals surface area contributed by atoms with Gasteiger partial charge in [0.05, 0.1) is 25.4 Å². The van der Waals surface area contributed by atoms with Crippen LogP contribution < -0.4 is 5.32 Å². The summed E-state index contributed by atoms with van der Waals surface area (Å²) in [5.74, 6) is -0.234. The summed E-state index contributed by atoms with van der Waals surface area (Å²) >= 11 is 0. The third kappa shape index (κ3) is 3.64. The van der Waals surface area contributed by atoms with Gasteiger partial charge in [0.1, 0.15) is 0 Å². The summed E-state index contributed by atoms with van der Waals surface area (Å²) in [5.41, 5.74) is -0.00237. The monoisotopic (exact) mass is 201 g/mol. The highest BCUT2D eigenvalue weighted by molar-refractivity contribution is 5.71. The molecule has 0 bridgehead atoms. The fourth-order valence-electron chi connectivity index (χ4n) is 1.63. The van der Waals surface area contributed by atoms with Gasteiger partial charge in [0, 0.05) is 6.54 Å². The van der Waals surface area contributed by atoms with Crippen LogP contribution in [0.3, 0.4) is 0 Å². The molecule has 1 aliphatic heterocycles. The van der Waals surface area contributed by atoms with Gasteiger partial charge in [-0.3, -0.25) is 4.79 Å². The van der Waals surface area contributed by atoms with E-state index < -0.39 is 0 Å². The summed E-state index contributed by atoms with van der Waals surface area (Å²) in [6.45, 7) is 5.16. The molecule has 0 amide bonds. The maximum Gasteiger partial charge on any atom is 0.319 e. The summed E-state index contributed by atoms with van der Waals surface area (Å²) in [5, 5.41) is 3.02. The van der Waals surface area contributed by atoms with E-state index in [4.69, 9.17) is 4.74 Å². The van der Waals surface area contributed by atoms with Gasteiger partial charge in [-0.1, -0.05) is 0 Å². The lowest BCUT2D eigenvalue weighted by Crippen LogP contribution is -2.33. The van der Waals surface area contributed by atoms with Crippen molar-refractivity contribution < 1.29 is 14.3 Å². The Morgan fingerprint density at radius 3 is 2.86 bits per heavy atom. The van der Waals surface area contributed by atoms with Crippen molar-refractivity contribution >= 4 is 5.97 Å². The number of nitrogens with one attached hydrogen (secondary N) is 1. The second-order valence-electron chi connectivity index (χ2n) is 4.25. The van der Waals surface area contributed by atoms with E-state index in [0.717, 1.165) is 19.4 Å². The first kappa shape index (κ1) is 11.5. The number of hydrogen-bond acceptors (Lipinski definition) is 4. The standard InChI is InChI=1S/C10H19NO3/c1-10(2)5-4-8(14-10)6-11-7-9(12)13-3/h8,11H,4-7H2,1-3H3. The lowest BCUT2D eigenvalue weighted by atomic mass is 10.1. The summed E-state index contributed by atoms with van der Waals surface area (Å²) in [6.07, 6.45) is 2.37. The van der Waals surface area contributed by atoms with E-state index in [-0.39, 0.29) is 24.2 Å². The number of carbonyl (C=O) groups excluding carboxylic acids is 1. The number of rotatable bonds is 4. The van der Waals surface area contributed by atoms with Gasteiger partial charge in [-0.05, 0) is 26.7 Å². The molecule has 1 heterocycles. The van der Waals surface area contributed by atoms with Crippen molar-refractivity contribution in [3.05, 3.63) is 0 Å². The molecule has 4 nitrogen and oxygen atoms in total. The van der Waals surface area contributed by atoms with E-state index in [9.17, 15) is 4.79 Å². The Morgan fingerprint density at radius 1 is 1.64 bits per heavy atom. The Morgan fingerprint density at radius 2 is 2.36 bits per heavy atom. The van der Waals surface area contributed by atoms with Crippen molar-refractivity contribution in [3.63, 3.8) is 0 Å². The Hall–Kier alpha value is -0.610. The van der Waals surface area contributed by atoms with Crippen LogP contribution in [0.1, 0.15) is 26.7 Å². The van der Waals surface area contributed by atoms with E-state index in [2.05, 4.69) is 23.9 Å². The Kier molecular flexibility index (Phi) is 3.89. The molecular formula is C10H19NO3. The molecule has 0 aliphatic carbocycles. The van der Waals surface area contributed by atoms with Crippen LogP contribution in [-0.2, 0) is 14.3 Å². The molecule has 1 aliphatic rings. The van der Waals surface area contributed by atoms with Crippen molar-refractivity contribution in [2.45, 2.75) is 38.4 Å². The van der Waals surface area contributed by atoms with Gasteiger partial charge in [0.15, 0.2) is 0 Å². The van der Waals surface area contributed by atoms with Crippen molar-refractivity contribution in [3.8, 4) is 0 Å². The quantitative estimate of drug-likeness (QED) is 0.680. The molecule has 0 radical (unpaired) electrons. The Balaban J connectivity index is 2.12. The average Bonchev–Trinajstić information content (AvgIpc) is 2.45. The summed E-state index contributed by atoms with van der Waals surface area (Å²) in [4.78, 5) is 10.8. The molecule has 1 atom stereocenters. The maximum atomic E-state index is 10.8. The van der Waals surface area contributed by atoms with Crippen LogP contribution in [0.5, 0.6) is 0 Å². The molecule has 1 N–H and O–H groups in total. The van der Waals surface area contributed by atoms with Gasteiger partial charge in [0.2, 0.25) is 0 Å². The van der Waals surface area contributed by atoms with Crippen molar-refractivity contribution in [2.75, 3.05) is 20.2 Å². The number of ether oxygens (including phenoxy) is 2. The highest BCUT2D eigenvalue weighted by Gasteiger charge is 2.31. The second kappa shape index (κ2) is 4.75. The van der Waals surface area contributed by atoms with Crippen LogP contribution in [0.15, 0.2) is 0 Å². The molecule has 1 unspecified atom stereocenters. The van der Waals surface area contributed by atoms with E-state index >= 15 is 0 Å². The van der Waals surface area contributed by atoms with E-state index in [1.807, 2.05) is 0 Å². The van der Waals surface area contributed by atoms with E-state index in [0.29, 0.717) is 0 Å².